The number of fused-ring (bicyclic) bond motifs is 1. The fourth-order valence-electron chi connectivity index (χ4n) is 4.05. The number of thioether (sulfide) groups is 1. The monoisotopic (exact) mass is 587 g/mol. The van der Waals surface area contributed by atoms with E-state index in [9.17, 15) is 29.4 Å². The lowest BCUT2D eigenvalue weighted by Gasteiger charge is -2.16. The van der Waals surface area contributed by atoms with Crippen molar-refractivity contribution in [3.05, 3.63) is 0 Å². The Morgan fingerprint density at radius 3 is 2.17 bits per heavy atom. The molecular weight excluding hydrogens is 546 g/mol. The molecule has 2 fully saturated rings. The molecule has 0 aromatic carbocycles. The van der Waals surface area contributed by atoms with E-state index in [1.54, 1.807) is 0 Å². The molecule has 0 saturated carbocycles. The average Bonchev–Trinajstić information content (AvgIpc) is 3.50. The van der Waals surface area contributed by atoms with Gasteiger partial charge in [0, 0.05) is 30.5 Å². The Balaban J connectivity index is 1.32. The van der Waals surface area contributed by atoms with Gasteiger partial charge >= 0.3 is 6.03 Å². The van der Waals surface area contributed by atoms with E-state index in [0.717, 1.165) is 25.0 Å². The van der Waals surface area contributed by atoms with Gasteiger partial charge in [0.05, 0.1) is 58.3 Å². The summed E-state index contributed by atoms with van der Waals surface area (Å²) in [5, 5.41) is 33.0. The van der Waals surface area contributed by atoms with Crippen LogP contribution in [0.2, 0.25) is 0 Å². The molecule has 2 heterocycles. The summed E-state index contributed by atoms with van der Waals surface area (Å²) >= 11 is 1.88. The van der Waals surface area contributed by atoms with Crippen LogP contribution in [-0.4, -0.2) is 129 Å². The van der Waals surface area contributed by atoms with Gasteiger partial charge in [-0.05, 0) is 12.8 Å². The summed E-state index contributed by atoms with van der Waals surface area (Å²) in [4.78, 5) is 46.6. The predicted octanol–water partition coefficient (Wildman–Crippen LogP) is -2.53. The van der Waals surface area contributed by atoms with Gasteiger partial charge in [-0.25, -0.2) is 4.79 Å². The zero-order valence-electron chi connectivity index (χ0n) is 22.5. The first kappa shape index (κ1) is 33.6. The van der Waals surface area contributed by atoms with Gasteiger partial charge in [-0.15, -0.1) is 6.42 Å². The second kappa shape index (κ2) is 19.5. The SMILES string of the molecule is C#CCNC(=O)[C@H](O)[C@@H](O)C(=O)NCCOCCOCCOCCNC(=O)CCCC[C@@H]1SC[C@@H]2NC(=O)N[C@@H]21. The summed E-state index contributed by atoms with van der Waals surface area (Å²) in [6.45, 7) is 2.21. The molecule has 0 bridgehead atoms. The highest BCUT2D eigenvalue weighted by atomic mass is 32.2. The van der Waals surface area contributed by atoms with E-state index >= 15 is 0 Å². The van der Waals surface area contributed by atoms with Crippen molar-refractivity contribution in [2.45, 2.75) is 55.2 Å². The predicted molar refractivity (Wildman–Crippen MR) is 146 cm³/mol. The lowest BCUT2D eigenvalue weighted by molar-refractivity contribution is -0.146. The molecular formula is C25H41N5O9S. The van der Waals surface area contributed by atoms with Crippen molar-refractivity contribution in [3.8, 4) is 12.3 Å². The minimum atomic E-state index is -1.93. The fraction of sp³-hybridized carbons (Fsp3) is 0.760. The first-order valence-electron chi connectivity index (χ1n) is 13.4. The number of rotatable bonds is 21. The Morgan fingerprint density at radius 2 is 1.52 bits per heavy atom. The van der Waals surface area contributed by atoms with E-state index < -0.39 is 24.0 Å². The highest BCUT2D eigenvalue weighted by molar-refractivity contribution is 8.00. The molecule has 5 amide bonds. The van der Waals surface area contributed by atoms with E-state index in [0.29, 0.717) is 44.6 Å². The smallest absolute Gasteiger partial charge is 0.315 e. The summed E-state index contributed by atoms with van der Waals surface area (Å²) in [6, 6.07) is 0.343. The molecule has 0 radical (unpaired) electrons. The number of aliphatic hydroxyl groups excluding tert-OH is 2. The summed E-state index contributed by atoms with van der Waals surface area (Å²) < 4.78 is 16.1. The number of aliphatic hydroxyl groups is 2. The molecule has 0 aromatic heterocycles. The van der Waals surface area contributed by atoms with Crippen molar-refractivity contribution in [1.82, 2.24) is 26.6 Å². The lowest BCUT2D eigenvalue weighted by atomic mass is 10.0. The number of terminal acetylenes is 1. The number of hydrogen-bond donors (Lipinski definition) is 7. The maximum atomic E-state index is 12.0. The second-order valence-corrected chi connectivity index (χ2v) is 10.4. The largest absolute Gasteiger partial charge is 0.380 e. The molecule has 2 aliphatic heterocycles. The van der Waals surface area contributed by atoms with E-state index in [-0.39, 0.29) is 50.3 Å². The molecule has 7 N–H and O–H groups in total. The van der Waals surface area contributed by atoms with E-state index in [2.05, 4.69) is 32.5 Å². The third-order valence-electron chi connectivity index (χ3n) is 6.14. The molecule has 15 heteroatoms. The molecule has 0 aliphatic carbocycles. The number of carbonyl (C=O) groups excluding carboxylic acids is 4. The number of urea groups is 1. The topological polar surface area (TPSA) is 197 Å². The minimum absolute atomic E-state index is 0.00257. The van der Waals surface area contributed by atoms with E-state index in [4.69, 9.17) is 20.6 Å². The number of nitrogens with one attached hydrogen (secondary N) is 5. The number of hydrogen-bond acceptors (Lipinski definition) is 10. The van der Waals surface area contributed by atoms with E-state index in [1.807, 2.05) is 11.8 Å². The van der Waals surface area contributed by atoms with Crippen LogP contribution >= 0.6 is 11.8 Å². The number of carbonyl (C=O) groups is 4. The van der Waals surface area contributed by atoms with Crippen LogP contribution in [0.5, 0.6) is 0 Å². The molecule has 2 rings (SSSR count). The number of amides is 5. The Bertz CT molecular complexity index is 859. The number of ether oxygens (including phenoxy) is 3. The van der Waals surface area contributed by atoms with Crippen molar-refractivity contribution >= 4 is 35.5 Å². The normalized spacial score (nSPS) is 20.9. The van der Waals surface area contributed by atoms with Crippen molar-refractivity contribution in [3.63, 3.8) is 0 Å². The molecule has 40 heavy (non-hydrogen) atoms. The third-order valence-corrected chi connectivity index (χ3v) is 7.65. The Kier molecular flexibility index (Phi) is 16.3. The summed E-state index contributed by atoms with van der Waals surface area (Å²) in [6.07, 6.45) is 4.33. The Labute approximate surface area is 238 Å². The highest BCUT2D eigenvalue weighted by Crippen LogP contribution is 2.33. The van der Waals surface area contributed by atoms with E-state index in [1.165, 1.54) is 0 Å². The van der Waals surface area contributed by atoms with Gasteiger partial charge in [0.25, 0.3) is 11.8 Å². The minimum Gasteiger partial charge on any atom is -0.380 e. The molecule has 0 unspecified atom stereocenters. The summed E-state index contributed by atoms with van der Waals surface area (Å²) in [5.74, 6) is 1.22. The van der Waals surface area contributed by atoms with Crippen molar-refractivity contribution in [2.24, 2.45) is 0 Å². The highest BCUT2D eigenvalue weighted by Gasteiger charge is 2.42. The Morgan fingerprint density at radius 1 is 0.925 bits per heavy atom. The van der Waals surface area contributed by atoms with Crippen LogP contribution in [0.25, 0.3) is 0 Å². The maximum Gasteiger partial charge on any atom is 0.315 e. The molecule has 5 atom stereocenters. The van der Waals surface area contributed by atoms with Gasteiger partial charge in [-0.3, -0.25) is 14.4 Å². The first-order chi connectivity index (χ1) is 19.3. The lowest BCUT2D eigenvalue weighted by Crippen LogP contribution is -2.50. The van der Waals surface area contributed by atoms with Gasteiger partial charge in [0.2, 0.25) is 5.91 Å². The van der Waals surface area contributed by atoms with Crippen molar-refractivity contribution in [2.75, 3.05) is 65.0 Å². The zero-order chi connectivity index (χ0) is 29.2. The quantitative estimate of drug-likeness (QED) is 0.0427. The standard InChI is InChI=1S/C25H41N5O9S/c1-2-7-27-23(34)21(32)22(33)24(35)28-9-11-38-13-15-39-14-12-37-10-8-26-19(31)6-4-3-5-18-20-17(16-40-18)29-25(36)30-20/h1,17-18,20-22,32-33H,3-16H2,(H,26,31)(H,27,34)(H,28,35)(H2,29,30,36)/t17-,18-,20-,21+,22+/m0/s1. The molecule has 2 saturated heterocycles. The maximum absolute atomic E-state index is 12.0. The molecule has 226 valence electrons. The molecule has 0 aromatic rings. The third kappa shape index (κ3) is 12.7. The van der Waals surface area contributed by atoms with Gasteiger partial charge in [-0.1, -0.05) is 12.3 Å². The van der Waals surface area contributed by atoms with Crippen LogP contribution in [0.15, 0.2) is 0 Å². The molecule has 0 spiro atoms. The van der Waals surface area contributed by atoms with Gasteiger partial charge in [-0.2, -0.15) is 11.8 Å². The van der Waals surface area contributed by atoms with Crippen LogP contribution in [0.3, 0.4) is 0 Å². The second-order valence-electron chi connectivity index (χ2n) is 9.16. The average molecular weight is 588 g/mol. The summed E-state index contributed by atoms with van der Waals surface area (Å²) in [5.41, 5.74) is 0. The fourth-order valence-corrected chi connectivity index (χ4v) is 5.59. The van der Waals surface area contributed by atoms with Crippen LogP contribution in [0.1, 0.15) is 25.7 Å². The molecule has 14 nitrogen and oxygen atoms in total. The zero-order valence-corrected chi connectivity index (χ0v) is 23.3. The van der Waals surface area contributed by atoms with Crippen LogP contribution in [-0.2, 0) is 28.6 Å². The van der Waals surface area contributed by atoms with Crippen LogP contribution in [0.4, 0.5) is 4.79 Å². The van der Waals surface area contributed by atoms with Gasteiger partial charge < -0.3 is 51.0 Å². The summed E-state index contributed by atoms with van der Waals surface area (Å²) in [7, 11) is 0. The van der Waals surface area contributed by atoms with Crippen molar-refractivity contribution < 1.29 is 43.6 Å². The van der Waals surface area contributed by atoms with Crippen LogP contribution < -0.4 is 26.6 Å². The number of unbranched alkanes of at least 4 members (excludes halogenated alkanes) is 1. The van der Waals surface area contributed by atoms with Gasteiger partial charge in [0.15, 0.2) is 12.2 Å². The molecule has 2 aliphatic rings. The van der Waals surface area contributed by atoms with Gasteiger partial charge in [0.1, 0.15) is 0 Å². The Hall–Kier alpha value is -2.61. The van der Waals surface area contributed by atoms with Crippen LogP contribution in [0, 0.1) is 12.3 Å². The first-order valence-corrected chi connectivity index (χ1v) is 14.4. The van der Waals surface area contributed by atoms with Crippen molar-refractivity contribution in [1.29, 1.82) is 0 Å².